The number of nitrogens with zero attached hydrogens (tertiary/aromatic N) is 2. The van der Waals surface area contributed by atoms with Crippen molar-refractivity contribution in [3.63, 3.8) is 0 Å². The van der Waals surface area contributed by atoms with E-state index in [4.69, 9.17) is 5.11 Å². The van der Waals surface area contributed by atoms with E-state index in [0.717, 1.165) is 9.26 Å². The van der Waals surface area contributed by atoms with Gasteiger partial charge in [-0.3, -0.25) is 9.48 Å². The number of rotatable bonds is 3. The van der Waals surface area contributed by atoms with Gasteiger partial charge < -0.3 is 5.11 Å². The number of hydrogen-bond acceptors (Lipinski definition) is 2. The number of hydrogen-bond donors (Lipinski definition) is 1. The quantitative estimate of drug-likeness (QED) is 0.842. The SMILES string of the molecule is Cn1cc(I)c(CCC(=O)O)n1. The molecule has 5 heteroatoms. The van der Waals surface area contributed by atoms with E-state index in [2.05, 4.69) is 27.7 Å². The van der Waals surface area contributed by atoms with Crippen molar-refractivity contribution in [3.8, 4) is 0 Å². The minimum atomic E-state index is -0.781. The molecule has 0 aliphatic heterocycles. The Balaban J connectivity index is 2.62. The zero-order chi connectivity index (χ0) is 9.14. The van der Waals surface area contributed by atoms with Gasteiger partial charge in [-0.05, 0) is 22.6 Å². The lowest BCUT2D eigenvalue weighted by atomic mass is 10.2. The summed E-state index contributed by atoms with van der Waals surface area (Å²) < 4.78 is 2.72. The van der Waals surface area contributed by atoms with Crippen LogP contribution in [0.5, 0.6) is 0 Å². The smallest absolute Gasteiger partial charge is 0.303 e. The predicted octanol–water partition coefficient (Wildman–Crippen LogP) is 1.04. The molecule has 0 atom stereocenters. The second-order valence-corrected chi connectivity index (χ2v) is 3.65. The van der Waals surface area contributed by atoms with Crippen molar-refractivity contribution < 1.29 is 9.90 Å². The van der Waals surface area contributed by atoms with E-state index in [9.17, 15) is 4.79 Å². The van der Waals surface area contributed by atoms with E-state index in [1.165, 1.54) is 0 Å². The lowest BCUT2D eigenvalue weighted by Crippen LogP contribution is -1.99. The standard InChI is InChI=1S/C7H9IN2O2/c1-10-4-5(8)6(9-10)2-3-7(11)12/h4H,2-3H2,1H3,(H,11,12). The molecular weight excluding hydrogens is 271 g/mol. The molecule has 66 valence electrons. The summed E-state index contributed by atoms with van der Waals surface area (Å²) in [4.78, 5) is 10.3. The summed E-state index contributed by atoms with van der Waals surface area (Å²) in [5.74, 6) is -0.781. The van der Waals surface area contributed by atoms with E-state index < -0.39 is 5.97 Å². The van der Waals surface area contributed by atoms with Crippen LogP contribution in [0.2, 0.25) is 0 Å². The molecule has 1 rings (SSSR count). The zero-order valence-electron chi connectivity index (χ0n) is 6.62. The highest BCUT2D eigenvalue weighted by molar-refractivity contribution is 14.1. The van der Waals surface area contributed by atoms with Gasteiger partial charge in [0.1, 0.15) is 0 Å². The molecule has 0 amide bonds. The summed E-state index contributed by atoms with van der Waals surface area (Å²) in [5, 5.41) is 12.6. The fraction of sp³-hybridized carbons (Fsp3) is 0.429. The molecule has 0 saturated carbocycles. The minimum Gasteiger partial charge on any atom is -0.481 e. The Morgan fingerprint density at radius 3 is 2.92 bits per heavy atom. The van der Waals surface area contributed by atoms with Crippen LogP contribution in [0.3, 0.4) is 0 Å². The molecule has 1 heterocycles. The number of carboxylic acid groups (broad SMARTS) is 1. The first-order valence-electron chi connectivity index (χ1n) is 3.49. The lowest BCUT2D eigenvalue weighted by molar-refractivity contribution is -0.136. The molecule has 4 nitrogen and oxygen atoms in total. The number of halogens is 1. The third-order valence-electron chi connectivity index (χ3n) is 1.43. The fourth-order valence-electron chi connectivity index (χ4n) is 0.900. The summed E-state index contributed by atoms with van der Waals surface area (Å²) in [6, 6.07) is 0. The summed E-state index contributed by atoms with van der Waals surface area (Å²) in [6.45, 7) is 0. The van der Waals surface area contributed by atoms with Crippen LogP contribution < -0.4 is 0 Å². The van der Waals surface area contributed by atoms with Crippen LogP contribution in [0.25, 0.3) is 0 Å². The lowest BCUT2D eigenvalue weighted by Gasteiger charge is -1.92. The molecule has 0 fully saturated rings. The first kappa shape index (κ1) is 9.50. The Labute approximate surface area is 83.7 Å². The van der Waals surface area contributed by atoms with E-state index in [1.54, 1.807) is 4.68 Å². The van der Waals surface area contributed by atoms with E-state index >= 15 is 0 Å². The maximum atomic E-state index is 10.3. The number of aromatic nitrogens is 2. The maximum absolute atomic E-state index is 10.3. The van der Waals surface area contributed by atoms with Crippen molar-refractivity contribution in [2.45, 2.75) is 12.8 Å². The molecule has 0 bridgehead atoms. The van der Waals surface area contributed by atoms with Crippen LogP contribution >= 0.6 is 22.6 Å². The van der Waals surface area contributed by atoms with Crippen molar-refractivity contribution in [3.05, 3.63) is 15.5 Å². The molecule has 0 aromatic carbocycles. The van der Waals surface area contributed by atoms with Crippen LogP contribution in [-0.2, 0) is 18.3 Å². The average molecular weight is 280 g/mol. The highest BCUT2D eigenvalue weighted by Gasteiger charge is 2.06. The van der Waals surface area contributed by atoms with Crippen LogP contribution in [-0.4, -0.2) is 20.9 Å². The molecule has 0 radical (unpaired) electrons. The number of aliphatic carboxylic acids is 1. The van der Waals surface area contributed by atoms with Gasteiger partial charge in [-0.15, -0.1) is 0 Å². The third-order valence-corrected chi connectivity index (χ3v) is 2.33. The van der Waals surface area contributed by atoms with E-state index in [0.29, 0.717) is 6.42 Å². The van der Waals surface area contributed by atoms with Crippen molar-refractivity contribution >= 4 is 28.6 Å². The molecule has 12 heavy (non-hydrogen) atoms. The molecule has 0 aliphatic carbocycles. The van der Waals surface area contributed by atoms with Crippen molar-refractivity contribution in [2.24, 2.45) is 7.05 Å². The topological polar surface area (TPSA) is 55.1 Å². The Kier molecular flexibility index (Phi) is 3.07. The molecule has 1 N–H and O–H groups in total. The van der Waals surface area contributed by atoms with Gasteiger partial charge in [-0.1, -0.05) is 0 Å². The van der Waals surface area contributed by atoms with Gasteiger partial charge in [0.05, 0.1) is 15.7 Å². The molecule has 0 saturated heterocycles. The first-order valence-corrected chi connectivity index (χ1v) is 4.57. The molecular formula is C7H9IN2O2. The predicted molar refractivity (Wildman–Crippen MR) is 51.9 cm³/mol. The van der Waals surface area contributed by atoms with Crippen molar-refractivity contribution in [1.82, 2.24) is 9.78 Å². The minimum absolute atomic E-state index is 0.146. The summed E-state index contributed by atoms with van der Waals surface area (Å²) >= 11 is 2.15. The van der Waals surface area contributed by atoms with Crippen LogP contribution in [0.4, 0.5) is 0 Å². The monoisotopic (exact) mass is 280 g/mol. The van der Waals surface area contributed by atoms with Crippen LogP contribution in [0.15, 0.2) is 6.20 Å². The second-order valence-electron chi connectivity index (χ2n) is 2.49. The molecule has 1 aromatic heterocycles. The average Bonchev–Trinajstić information content (AvgIpc) is 2.26. The third kappa shape index (κ3) is 2.47. The van der Waals surface area contributed by atoms with Crippen LogP contribution in [0, 0.1) is 3.57 Å². The summed E-state index contributed by atoms with van der Waals surface area (Å²) in [7, 11) is 1.83. The maximum Gasteiger partial charge on any atom is 0.303 e. The largest absolute Gasteiger partial charge is 0.481 e. The number of aryl methyl sites for hydroxylation is 2. The van der Waals surface area contributed by atoms with Gasteiger partial charge in [0, 0.05) is 19.7 Å². The molecule has 1 aromatic rings. The van der Waals surface area contributed by atoms with Gasteiger partial charge in [-0.25, -0.2) is 0 Å². The Hall–Kier alpha value is -0.590. The fourth-order valence-corrected chi connectivity index (χ4v) is 1.68. The van der Waals surface area contributed by atoms with Crippen molar-refractivity contribution in [2.75, 3.05) is 0 Å². The van der Waals surface area contributed by atoms with E-state index in [-0.39, 0.29) is 6.42 Å². The van der Waals surface area contributed by atoms with Gasteiger partial charge in [0.2, 0.25) is 0 Å². The highest BCUT2D eigenvalue weighted by atomic mass is 127. The van der Waals surface area contributed by atoms with Crippen LogP contribution in [0.1, 0.15) is 12.1 Å². The second kappa shape index (κ2) is 3.88. The Bertz CT molecular complexity index is 296. The molecule has 0 aliphatic rings. The zero-order valence-corrected chi connectivity index (χ0v) is 8.78. The first-order chi connectivity index (χ1) is 5.59. The molecule has 0 spiro atoms. The highest BCUT2D eigenvalue weighted by Crippen LogP contribution is 2.10. The molecule has 0 unspecified atom stereocenters. The summed E-state index contributed by atoms with van der Waals surface area (Å²) in [6.07, 6.45) is 2.53. The van der Waals surface area contributed by atoms with E-state index in [1.807, 2.05) is 13.2 Å². The van der Waals surface area contributed by atoms with Gasteiger partial charge in [0.15, 0.2) is 0 Å². The Morgan fingerprint density at radius 2 is 2.50 bits per heavy atom. The normalized spacial score (nSPS) is 10.2. The van der Waals surface area contributed by atoms with Crippen molar-refractivity contribution in [1.29, 1.82) is 0 Å². The number of carbonyl (C=O) groups is 1. The summed E-state index contributed by atoms with van der Waals surface area (Å²) in [5.41, 5.74) is 0.862. The van der Waals surface area contributed by atoms with Gasteiger partial charge in [-0.2, -0.15) is 5.10 Å². The van der Waals surface area contributed by atoms with Gasteiger partial charge in [0.25, 0.3) is 0 Å². The van der Waals surface area contributed by atoms with Gasteiger partial charge >= 0.3 is 5.97 Å². The number of carboxylic acids is 1. The Morgan fingerprint density at radius 1 is 1.83 bits per heavy atom.